The van der Waals surface area contributed by atoms with E-state index in [4.69, 9.17) is 11.6 Å². The first kappa shape index (κ1) is 12.8. The normalized spacial score (nSPS) is 10.7. The number of aromatic nitrogens is 3. The van der Waals surface area contributed by atoms with Gasteiger partial charge in [-0.05, 0) is 18.2 Å². The van der Waals surface area contributed by atoms with Gasteiger partial charge in [-0.3, -0.25) is 9.59 Å². The number of H-pyrrole nitrogens is 1. The second kappa shape index (κ2) is 5.03. The molecule has 2 N–H and O–H groups in total. The van der Waals surface area contributed by atoms with E-state index in [1.807, 2.05) is 0 Å². The van der Waals surface area contributed by atoms with E-state index in [0.29, 0.717) is 21.7 Å². The number of nitrogens with zero attached hydrogens (tertiary/aromatic N) is 2. The van der Waals surface area contributed by atoms with E-state index in [2.05, 4.69) is 19.0 Å². The molecule has 2 aromatic heterocycles. The SMILES string of the molecule is O=C(Nc1c(Cl)ccc2nsnc12)c1cc[nH]c(=O)c1. The number of halogens is 1. The van der Waals surface area contributed by atoms with Gasteiger partial charge in [-0.2, -0.15) is 8.75 Å². The lowest BCUT2D eigenvalue weighted by Crippen LogP contribution is -2.16. The number of rotatable bonds is 2. The Kier molecular flexibility index (Phi) is 3.21. The van der Waals surface area contributed by atoms with E-state index < -0.39 is 5.91 Å². The molecule has 2 heterocycles. The predicted octanol–water partition coefficient (Wildman–Crippen LogP) is 2.29. The molecular formula is C12H7ClN4O2S. The smallest absolute Gasteiger partial charge is 0.256 e. The van der Waals surface area contributed by atoms with E-state index >= 15 is 0 Å². The van der Waals surface area contributed by atoms with Gasteiger partial charge in [-0.25, -0.2) is 0 Å². The molecule has 3 rings (SSSR count). The van der Waals surface area contributed by atoms with Crippen molar-refractivity contribution < 1.29 is 4.79 Å². The standard InChI is InChI=1S/C12H7ClN4O2S/c13-7-1-2-8-11(17-20-16-8)10(7)15-12(19)6-3-4-14-9(18)5-6/h1-5H,(H,14,18)(H,15,19). The van der Waals surface area contributed by atoms with Gasteiger partial charge in [0, 0.05) is 17.8 Å². The molecule has 0 saturated heterocycles. The molecule has 100 valence electrons. The third-order valence-corrected chi connectivity index (χ3v) is 3.51. The maximum atomic E-state index is 12.1. The lowest BCUT2D eigenvalue weighted by Gasteiger charge is -2.07. The maximum absolute atomic E-state index is 12.1. The molecule has 0 fully saturated rings. The molecule has 6 nitrogen and oxygen atoms in total. The molecule has 0 atom stereocenters. The summed E-state index contributed by atoms with van der Waals surface area (Å²) in [5, 5.41) is 3.03. The fourth-order valence-corrected chi connectivity index (χ4v) is 2.46. The first-order valence-corrected chi connectivity index (χ1v) is 6.67. The van der Waals surface area contributed by atoms with Gasteiger partial charge in [0.05, 0.1) is 22.4 Å². The van der Waals surface area contributed by atoms with E-state index in [-0.39, 0.29) is 11.1 Å². The molecule has 0 saturated carbocycles. The van der Waals surface area contributed by atoms with Crippen LogP contribution in [0.2, 0.25) is 5.02 Å². The number of nitrogens with one attached hydrogen (secondary N) is 2. The van der Waals surface area contributed by atoms with Gasteiger partial charge >= 0.3 is 0 Å². The van der Waals surface area contributed by atoms with Crippen LogP contribution in [0, 0.1) is 0 Å². The van der Waals surface area contributed by atoms with Crippen LogP contribution in [0.15, 0.2) is 35.3 Å². The van der Waals surface area contributed by atoms with Crippen molar-refractivity contribution in [3.8, 4) is 0 Å². The van der Waals surface area contributed by atoms with Crippen LogP contribution in [0.4, 0.5) is 5.69 Å². The van der Waals surface area contributed by atoms with Crippen LogP contribution in [0.5, 0.6) is 0 Å². The number of pyridine rings is 1. The van der Waals surface area contributed by atoms with Gasteiger partial charge in [0.2, 0.25) is 5.56 Å². The van der Waals surface area contributed by atoms with Crippen molar-refractivity contribution in [2.24, 2.45) is 0 Å². The van der Waals surface area contributed by atoms with Crippen LogP contribution in [-0.4, -0.2) is 19.6 Å². The highest BCUT2D eigenvalue weighted by Gasteiger charge is 2.14. The van der Waals surface area contributed by atoms with Crippen molar-refractivity contribution in [1.82, 2.24) is 13.7 Å². The lowest BCUT2D eigenvalue weighted by molar-refractivity contribution is 0.102. The first-order chi connectivity index (χ1) is 9.65. The highest BCUT2D eigenvalue weighted by atomic mass is 35.5. The maximum Gasteiger partial charge on any atom is 0.256 e. The number of hydrogen-bond donors (Lipinski definition) is 2. The monoisotopic (exact) mass is 306 g/mol. The van der Waals surface area contributed by atoms with Gasteiger partial charge in [0.1, 0.15) is 11.0 Å². The highest BCUT2D eigenvalue weighted by molar-refractivity contribution is 7.00. The van der Waals surface area contributed by atoms with Gasteiger partial charge in [-0.1, -0.05) is 11.6 Å². The molecule has 3 aromatic rings. The Labute approximate surface area is 121 Å². The summed E-state index contributed by atoms with van der Waals surface area (Å²) in [7, 11) is 0. The van der Waals surface area contributed by atoms with Crippen LogP contribution in [0.1, 0.15) is 10.4 Å². The Morgan fingerprint density at radius 2 is 2.15 bits per heavy atom. The molecule has 0 unspecified atom stereocenters. The zero-order valence-corrected chi connectivity index (χ0v) is 11.5. The largest absolute Gasteiger partial charge is 0.329 e. The van der Waals surface area contributed by atoms with Gasteiger partial charge in [0.15, 0.2) is 0 Å². The minimum atomic E-state index is -0.432. The first-order valence-electron chi connectivity index (χ1n) is 5.56. The Morgan fingerprint density at radius 1 is 1.30 bits per heavy atom. The van der Waals surface area contributed by atoms with Crippen molar-refractivity contribution in [1.29, 1.82) is 0 Å². The van der Waals surface area contributed by atoms with E-state index in [0.717, 1.165) is 11.7 Å². The quantitative estimate of drug-likeness (QED) is 0.760. The summed E-state index contributed by atoms with van der Waals surface area (Å²) in [5.41, 5.74) is 1.46. The van der Waals surface area contributed by atoms with Crippen LogP contribution >= 0.6 is 23.3 Å². The fraction of sp³-hybridized carbons (Fsp3) is 0. The molecule has 20 heavy (non-hydrogen) atoms. The van der Waals surface area contributed by atoms with Crippen LogP contribution in [0.3, 0.4) is 0 Å². The average molecular weight is 307 g/mol. The number of aromatic amines is 1. The number of benzene rings is 1. The summed E-state index contributed by atoms with van der Waals surface area (Å²) in [6.07, 6.45) is 1.41. The highest BCUT2D eigenvalue weighted by Crippen LogP contribution is 2.30. The number of anilines is 1. The van der Waals surface area contributed by atoms with Crippen molar-refractivity contribution in [3.05, 3.63) is 51.4 Å². The van der Waals surface area contributed by atoms with Crippen molar-refractivity contribution in [2.45, 2.75) is 0 Å². The number of carbonyl (C=O) groups excluding carboxylic acids is 1. The van der Waals surface area contributed by atoms with Crippen LogP contribution < -0.4 is 10.9 Å². The molecule has 1 amide bonds. The predicted molar refractivity (Wildman–Crippen MR) is 77.4 cm³/mol. The average Bonchev–Trinajstić information content (AvgIpc) is 2.90. The van der Waals surface area contributed by atoms with Crippen LogP contribution in [-0.2, 0) is 0 Å². The molecule has 8 heteroatoms. The minimum absolute atomic E-state index is 0.241. The third kappa shape index (κ3) is 2.28. The van der Waals surface area contributed by atoms with E-state index in [1.54, 1.807) is 12.1 Å². The number of amides is 1. The zero-order chi connectivity index (χ0) is 14.1. The third-order valence-electron chi connectivity index (χ3n) is 2.65. The number of carbonyl (C=O) groups is 1. The molecule has 0 aliphatic carbocycles. The number of hydrogen-bond acceptors (Lipinski definition) is 5. The summed E-state index contributed by atoms with van der Waals surface area (Å²) in [4.78, 5) is 25.8. The lowest BCUT2D eigenvalue weighted by atomic mass is 10.2. The molecule has 1 aromatic carbocycles. The molecule has 0 aliphatic heterocycles. The summed E-state index contributed by atoms with van der Waals surface area (Å²) in [5.74, 6) is -0.432. The summed E-state index contributed by atoms with van der Waals surface area (Å²) < 4.78 is 8.19. The summed E-state index contributed by atoms with van der Waals surface area (Å²) >= 11 is 7.11. The van der Waals surface area contributed by atoms with Gasteiger partial charge in [-0.15, -0.1) is 0 Å². The van der Waals surface area contributed by atoms with Gasteiger partial charge in [0.25, 0.3) is 5.91 Å². The topological polar surface area (TPSA) is 87.7 Å². The van der Waals surface area contributed by atoms with E-state index in [1.165, 1.54) is 18.3 Å². The molecular weight excluding hydrogens is 300 g/mol. The van der Waals surface area contributed by atoms with Gasteiger partial charge < -0.3 is 10.3 Å². The molecule has 0 bridgehead atoms. The van der Waals surface area contributed by atoms with Crippen molar-refractivity contribution >= 4 is 46.0 Å². The Hall–Kier alpha value is -2.25. The molecule has 0 spiro atoms. The minimum Gasteiger partial charge on any atom is -0.329 e. The van der Waals surface area contributed by atoms with Crippen molar-refractivity contribution in [2.75, 3.05) is 5.32 Å². The van der Waals surface area contributed by atoms with Crippen molar-refractivity contribution in [3.63, 3.8) is 0 Å². The fourth-order valence-electron chi connectivity index (χ4n) is 1.72. The number of fused-ring (bicyclic) bond motifs is 1. The Morgan fingerprint density at radius 3 is 2.95 bits per heavy atom. The van der Waals surface area contributed by atoms with E-state index in [9.17, 15) is 9.59 Å². The molecule has 0 radical (unpaired) electrons. The Balaban J connectivity index is 2.01. The second-order valence-corrected chi connectivity index (χ2v) is 4.89. The summed E-state index contributed by atoms with van der Waals surface area (Å²) in [6, 6.07) is 6.08. The zero-order valence-electron chi connectivity index (χ0n) is 9.88. The molecule has 0 aliphatic rings. The summed E-state index contributed by atoms with van der Waals surface area (Å²) in [6.45, 7) is 0. The van der Waals surface area contributed by atoms with Crippen LogP contribution in [0.25, 0.3) is 11.0 Å². The second-order valence-electron chi connectivity index (χ2n) is 3.95. The Bertz CT molecular complexity index is 858.